The monoisotopic (exact) mass is 364 g/mol. The van der Waals surface area contributed by atoms with Crippen LogP contribution in [0.1, 0.15) is 24.1 Å². The minimum absolute atomic E-state index is 0.162. The number of carbonyl (C=O) groups is 1. The first-order valence-electron chi connectivity index (χ1n) is 8.62. The summed E-state index contributed by atoms with van der Waals surface area (Å²) in [6.07, 6.45) is 5.78. The van der Waals surface area contributed by atoms with E-state index in [1.807, 2.05) is 30.3 Å². The van der Waals surface area contributed by atoms with Crippen molar-refractivity contribution in [3.63, 3.8) is 0 Å². The SMILES string of the molecule is O=C(OCc1ccc(Oc2cccnc2)cc1)C1(c2ccc(F)cn2)CC1. The molecule has 1 aliphatic rings. The first-order chi connectivity index (χ1) is 13.2. The van der Waals surface area contributed by atoms with Crippen LogP contribution >= 0.6 is 0 Å². The lowest BCUT2D eigenvalue weighted by Crippen LogP contribution is -2.24. The van der Waals surface area contributed by atoms with Crippen molar-refractivity contribution in [3.8, 4) is 11.5 Å². The number of aromatic nitrogens is 2. The molecule has 5 nitrogen and oxygen atoms in total. The molecule has 1 saturated carbocycles. The van der Waals surface area contributed by atoms with Crippen LogP contribution in [0, 0.1) is 5.82 Å². The largest absolute Gasteiger partial charge is 0.460 e. The average Bonchev–Trinajstić information content (AvgIpc) is 3.51. The molecule has 4 rings (SSSR count). The van der Waals surface area contributed by atoms with Crippen molar-refractivity contribution in [1.82, 2.24) is 9.97 Å². The molecular formula is C21H17FN2O3. The van der Waals surface area contributed by atoms with Gasteiger partial charge in [0.15, 0.2) is 0 Å². The quantitative estimate of drug-likeness (QED) is 0.614. The van der Waals surface area contributed by atoms with Crippen molar-refractivity contribution in [2.75, 3.05) is 0 Å². The van der Waals surface area contributed by atoms with E-state index in [2.05, 4.69) is 9.97 Å². The Kier molecular flexibility index (Phi) is 4.54. The van der Waals surface area contributed by atoms with Crippen LogP contribution in [0.4, 0.5) is 4.39 Å². The molecule has 0 saturated heterocycles. The van der Waals surface area contributed by atoms with Gasteiger partial charge in [-0.15, -0.1) is 0 Å². The number of benzene rings is 1. The third-order valence-electron chi connectivity index (χ3n) is 4.52. The van der Waals surface area contributed by atoms with Gasteiger partial charge in [-0.1, -0.05) is 12.1 Å². The molecule has 2 aromatic heterocycles. The first kappa shape index (κ1) is 17.1. The van der Waals surface area contributed by atoms with E-state index < -0.39 is 11.2 Å². The van der Waals surface area contributed by atoms with Crippen molar-refractivity contribution < 1.29 is 18.7 Å². The molecule has 0 amide bonds. The average molecular weight is 364 g/mol. The second-order valence-corrected chi connectivity index (χ2v) is 6.45. The molecule has 0 aliphatic heterocycles. The smallest absolute Gasteiger partial charge is 0.318 e. The summed E-state index contributed by atoms with van der Waals surface area (Å²) in [5.41, 5.74) is 0.690. The second-order valence-electron chi connectivity index (χ2n) is 6.45. The summed E-state index contributed by atoms with van der Waals surface area (Å²) in [7, 11) is 0. The Bertz CT molecular complexity index is 924. The van der Waals surface area contributed by atoms with Crippen molar-refractivity contribution in [1.29, 1.82) is 0 Å². The van der Waals surface area contributed by atoms with E-state index >= 15 is 0 Å². The number of nitrogens with zero attached hydrogens (tertiary/aromatic N) is 2. The van der Waals surface area contributed by atoms with Crippen LogP contribution in [0.15, 0.2) is 67.1 Å². The normalized spacial score (nSPS) is 14.4. The highest BCUT2D eigenvalue weighted by Gasteiger charge is 2.54. The highest BCUT2D eigenvalue weighted by molar-refractivity contribution is 5.86. The summed E-state index contributed by atoms with van der Waals surface area (Å²) in [4.78, 5) is 20.5. The predicted molar refractivity (Wildman–Crippen MR) is 95.7 cm³/mol. The minimum atomic E-state index is -0.725. The zero-order valence-corrected chi connectivity index (χ0v) is 14.5. The fourth-order valence-corrected chi connectivity index (χ4v) is 2.83. The number of ether oxygens (including phenoxy) is 2. The molecule has 27 heavy (non-hydrogen) atoms. The molecule has 0 radical (unpaired) electrons. The topological polar surface area (TPSA) is 61.3 Å². The van der Waals surface area contributed by atoms with Crippen molar-refractivity contribution in [2.24, 2.45) is 0 Å². The van der Waals surface area contributed by atoms with Crippen molar-refractivity contribution in [2.45, 2.75) is 24.9 Å². The van der Waals surface area contributed by atoms with Crippen LogP contribution in [-0.2, 0) is 21.6 Å². The van der Waals surface area contributed by atoms with Gasteiger partial charge in [-0.2, -0.15) is 0 Å². The first-order valence-corrected chi connectivity index (χ1v) is 8.62. The Morgan fingerprint density at radius 3 is 2.48 bits per heavy atom. The van der Waals surface area contributed by atoms with Crippen molar-refractivity contribution >= 4 is 5.97 Å². The number of pyridine rings is 2. The van der Waals surface area contributed by atoms with Crippen LogP contribution in [0.3, 0.4) is 0 Å². The molecule has 0 atom stereocenters. The fraction of sp³-hybridized carbons (Fsp3) is 0.190. The van der Waals surface area contributed by atoms with E-state index in [-0.39, 0.29) is 12.6 Å². The highest BCUT2D eigenvalue weighted by Crippen LogP contribution is 2.48. The number of halogens is 1. The molecule has 0 spiro atoms. The van der Waals surface area contributed by atoms with Crippen LogP contribution in [-0.4, -0.2) is 15.9 Å². The van der Waals surface area contributed by atoms with Gasteiger partial charge >= 0.3 is 5.97 Å². The van der Waals surface area contributed by atoms with Gasteiger partial charge in [0.25, 0.3) is 0 Å². The summed E-state index contributed by atoms with van der Waals surface area (Å²) in [6, 6.07) is 13.8. The summed E-state index contributed by atoms with van der Waals surface area (Å²) < 4.78 is 24.2. The third kappa shape index (κ3) is 3.79. The van der Waals surface area contributed by atoms with E-state index in [0.717, 1.165) is 11.8 Å². The Morgan fingerprint density at radius 1 is 1.04 bits per heavy atom. The molecule has 3 aromatic rings. The Balaban J connectivity index is 1.36. The van der Waals surface area contributed by atoms with Gasteiger partial charge in [-0.25, -0.2) is 4.39 Å². The van der Waals surface area contributed by atoms with Gasteiger partial charge in [0.1, 0.15) is 29.3 Å². The molecule has 6 heteroatoms. The summed E-state index contributed by atoms with van der Waals surface area (Å²) in [6.45, 7) is 0.162. The summed E-state index contributed by atoms with van der Waals surface area (Å²) >= 11 is 0. The third-order valence-corrected chi connectivity index (χ3v) is 4.52. The van der Waals surface area contributed by atoms with Gasteiger partial charge in [-0.3, -0.25) is 14.8 Å². The van der Waals surface area contributed by atoms with E-state index in [1.165, 1.54) is 6.07 Å². The number of rotatable bonds is 6. The second kappa shape index (κ2) is 7.15. The predicted octanol–water partition coefficient (Wildman–Crippen LogP) is 4.18. The minimum Gasteiger partial charge on any atom is -0.460 e. The molecule has 0 N–H and O–H groups in total. The number of hydrogen-bond acceptors (Lipinski definition) is 5. The standard InChI is InChI=1S/C21H17FN2O3/c22-16-5-8-19(24-12-16)21(9-10-21)20(25)26-14-15-3-6-17(7-4-15)27-18-2-1-11-23-13-18/h1-8,11-13H,9-10,14H2. The molecule has 1 aliphatic carbocycles. The molecular weight excluding hydrogens is 347 g/mol. The van der Waals surface area contributed by atoms with Gasteiger partial charge in [0, 0.05) is 6.20 Å². The molecule has 1 aromatic carbocycles. The van der Waals surface area contributed by atoms with Gasteiger partial charge in [0.05, 0.1) is 18.1 Å². The highest BCUT2D eigenvalue weighted by atomic mass is 19.1. The molecule has 1 fully saturated rings. The lowest BCUT2D eigenvalue weighted by Gasteiger charge is -2.14. The Labute approximate surface area is 155 Å². The van der Waals surface area contributed by atoms with Gasteiger partial charge in [-0.05, 0) is 54.8 Å². The molecule has 2 heterocycles. The van der Waals surface area contributed by atoms with E-state index in [4.69, 9.17) is 9.47 Å². The van der Waals surface area contributed by atoms with E-state index in [0.29, 0.717) is 30.0 Å². The van der Waals surface area contributed by atoms with E-state index in [9.17, 15) is 9.18 Å². The maximum Gasteiger partial charge on any atom is 0.318 e. The maximum absolute atomic E-state index is 13.0. The Morgan fingerprint density at radius 2 is 1.85 bits per heavy atom. The Hall–Kier alpha value is -3.28. The zero-order chi connectivity index (χ0) is 18.7. The lowest BCUT2D eigenvalue weighted by atomic mass is 10.0. The van der Waals surface area contributed by atoms with E-state index in [1.54, 1.807) is 24.5 Å². The molecule has 136 valence electrons. The van der Waals surface area contributed by atoms with Gasteiger partial charge < -0.3 is 9.47 Å². The summed E-state index contributed by atoms with van der Waals surface area (Å²) in [5, 5.41) is 0. The van der Waals surface area contributed by atoms with Gasteiger partial charge in [0.2, 0.25) is 0 Å². The molecule has 0 bridgehead atoms. The fourth-order valence-electron chi connectivity index (χ4n) is 2.83. The van der Waals surface area contributed by atoms with Crippen LogP contribution in [0.5, 0.6) is 11.5 Å². The zero-order valence-electron chi connectivity index (χ0n) is 14.5. The number of carbonyl (C=O) groups excluding carboxylic acids is 1. The number of esters is 1. The van der Waals surface area contributed by atoms with Crippen LogP contribution in [0.2, 0.25) is 0 Å². The molecule has 0 unspecified atom stereocenters. The van der Waals surface area contributed by atoms with Crippen LogP contribution in [0.25, 0.3) is 0 Å². The summed E-state index contributed by atoms with van der Waals surface area (Å²) in [5.74, 6) is 0.584. The number of hydrogen-bond donors (Lipinski definition) is 0. The lowest BCUT2D eigenvalue weighted by molar-refractivity contribution is -0.148. The van der Waals surface area contributed by atoms with Crippen molar-refractivity contribution in [3.05, 3.63) is 84.2 Å². The maximum atomic E-state index is 13.0. The van der Waals surface area contributed by atoms with Crippen LogP contribution < -0.4 is 4.74 Å².